The monoisotopic (exact) mass is 459 g/mol. The number of thiocarbonyl (C=S) groups is 1. The number of nitrogens with zero attached hydrogens (tertiary/aromatic N) is 1. The van der Waals surface area contributed by atoms with Crippen molar-refractivity contribution in [2.45, 2.75) is 36.6 Å². The number of carbonyl (C=O) groups excluding carboxylic acids is 1. The van der Waals surface area contributed by atoms with Gasteiger partial charge in [0, 0.05) is 22.6 Å². The summed E-state index contributed by atoms with van der Waals surface area (Å²) in [6, 6.07) is 11.8. The van der Waals surface area contributed by atoms with Crippen LogP contribution in [0.3, 0.4) is 0 Å². The number of hydrogen-bond acceptors (Lipinski definition) is 6. The van der Waals surface area contributed by atoms with Gasteiger partial charge in [-0.2, -0.15) is 0 Å². The van der Waals surface area contributed by atoms with Gasteiger partial charge in [0.15, 0.2) is 0 Å². The van der Waals surface area contributed by atoms with Gasteiger partial charge in [-0.3, -0.25) is 14.5 Å². The molecule has 8 heteroatoms. The van der Waals surface area contributed by atoms with E-state index in [0.29, 0.717) is 40.7 Å². The Kier molecular flexibility index (Phi) is 6.36. The number of amides is 1. The van der Waals surface area contributed by atoms with Crippen molar-refractivity contribution in [3.8, 4) is 11.3 Å². The molecule has 30 heavy (non-hydrogen) atoms. The van der Waals surface area contributed by atoms with E-state index in [1.54, 1.807) is 22.7 Å². The SMILES string of the molecule is CSc1ccccc1-c1ccc(/C=C2/SC(=S)N(C3CCC(C(=O)O)CC3)C2=O)o1. The highest BCUT2D eigenvalue weighted by molar-refractivity contribution is 8.26. The summed E-state index contributed by atoms with van der Waals surface area (Å²) in [7, 11) is 0. The van der Waals surface area contributed by atoms with Crippen LogP contribution < -0.4 is 0 Å². The Balaban J connectivity index is 1.50. The highest BCUT2D eigenvalue weighted by Gasteiger charge is 2.39. The Bertz CT molecular complexity index is 1020. The van der Waals surface area contributed by atoms with Crippen LogP contribution >= 0.6 is 35.7 Å². The van der Waals surface area contributed by atoms with Gasteiger partial charge in [-0.05, 0) is 50.1 Å². The van der Waals surface area contributed by atoms with Crippen LogP contribution in [-0.2, 0) is 9.59 Å². The van der Waals surface area contributed by atoms with Crippen molar-refractivity contribution in [1.29, 1.82) is 0 Å². The molecular weight excluding hydrogens is 438 g/mol. The molecule has 5 nitrogen and oxygen atoms in total. The minimum atomic E-state index is -0.754. The topological polar surface area (TPSA) is 70.8 Å². The van der Waals surface area contributed by atoms with E-state index in [4.69, 9.17) is 16.6 Å². The van der Waals surface area contributed by atoms with Crippen LogP contribution in [0.25, 0.3) is 17.4 Å². The highest BCUT2D eigenvalue weighted by atomic mass is 32.2. The molecule has 4 rings (SSSR count). The quantitative estimate of drug-likeness (QED) is 0.359. The molecule has 1 aromatic heterocycles. The molecule has 156 valence electrons. The van der Waals surface area contributed by atoms with Crippen molar-refractivity contribution in [2.24, 2.45) is 5.92 Å². The molecule has 1 saturated carbocycles. The Morgan fingerprint density at radius 2 is 1.97 bits per heavy atom. The van der Waals surface area contributed by atoms with Gasteiger partial charge in [0.1, 0.15) is 15.8 Å². The third kappa shape index (κ3) is 4.22. The zero-order valence-electron chi connectivity index (χ0n) is 16.4. The molecule has 1 aliphatic carbocycles. The Morgan fingerprint density at radius 1 is 1.23 bits per heavy atom. The minimum absolute atomic E-state index is 0.0281. The zero-order chi connectivity index (χ0) is 21.3. The van der Waals surface area contributed by atoms with E-state index in [1.807, 2.05) is 42.7 Å². The molecule has 2 heterocycles. The number of thioether (sulfide) groups is 2. The number of furan rings is 1. The average molecular weight is 460 g/mol. The van der Waals surface area contributed by atoms with Gasteiger partial charge in [0.2, 0.25) is 0 Å². The maximum atomic E-state index is 13.0. The Labute approximate surface area is 188 Å². The van der Waals surface area contributed by atoms with Crippen molar-refractivity contribution in [1.82, 2.24) is 4.90 Å². The van der Waals surface area contributed by atoms with Crippen LogP contribution in [0, 0.1) is 5.92 Å². The molecule has 0 bridgehead atoms. The van der Waals surface area contributed by atoms with Crippen molar-refractivity contribution < 1.29 is 19.1 Å². The number of carboxylic acid groups (broad SMARTS) is 1. The van der Waals surface area contributed by atoms with Gasteiger partial charge >= 0.3 is 5.97 Å². The number of carboxylic acids is 1. The van der Waals surface area contributed by atoms with Gasteiger partial charge in [-0.25, -0.2) is 0 Å². The van der Waals surface area contributed by atoms with Crippen molar-refractivity contribution >= 4 is 58.0 Å². The first-order valence-corrected chi connectivity index (χ1v) is 12.2. The van der Waals surface area contributed by atoms with Crippen LogP contribution in [-0.4, -0.2) is 38.5 Å². The molecule has 2 aromatic rings. The van der Waals surface area contributed by atoms with E-state index in [0.717, 1.165) is 16.2 Å². The predicted molar refractivity (Wildman–Crippen MR) is 124 cm³/mol. The van der Waals surface area contributed by atoms with E-state index in [1.165, 1.54) is 11.8 Å². The van der Waals surface area contributed by atoms with Gasteiger partial charge in [-0.1, -0.05) is 42.2 Å². The lowest BCUT2D eigenvalue weighted by Crippen LogP contribution is -2.41. The second kappa shape index (κ2) is 8.99. The number of rotatable bonds is 5. The van der Waals surface area contributed by atoms with Gasteiger partial charge in [0.25, 0.3) is 5.91 Å². The Hall–Kier alpha value is -2.03. The lowest BCUT2D eigenvalue weighted by Gasteiger charge is -2.32. The van der Waals surface area contributed by atoms with Crippen LogP contribution in [0.1, 0.15) is 31.4 Å². The first kappa shape index (κ1) is 21.2. The largest absolute Gasteiger partial charge is 0.481 e. The molecular formula is C22H21NO4S3. The molecule has 2 aliphatic rings. The van der Waals surface area contributed by atoms with E-state index < -0.39 is 5.97 Å². The molecule has 0 spiro atoms. The summed E-state index contributed by atoms with van der Waals surface area (Å²) in [6.45, 7) is 0. The van der Waals surface area contributed by atoms with E-state index >= 15 is 0 Å². The second-order valence-electron chi connectivity index (χ2n) is 7.30. The van der Waals surface area contributed by atoms with Crippen LogP contribution in [0.15, 0.2) is 50.6 Å². The zero-order valence-corrected chi connectivity index (χ0v) is 18.8. The maximum absolute atomic E-state index is 13.0. The summed E-state index contributed by atoms with van der Waals surface area (Å²) in [6.07, 6.45) is 6.24. The smallest absolute Gasteiger partial charge is 0.306 e. The third-order valence-corrected chi connectivity index (χ3v) is 7.63. The van der Waals surface area contributed by atoms with Crippen LogP contribution in [0.4, 0.5) is 0 Å². The second-order valence-corrected chi connectivity index (χ2v) is 9.82. The average Bonchev–Trinajstić information content (AvgIpc) is 3.32. The van der Waals surface area contributed by atoms with Gasteiger partial charge < -0.3 is 9.52 Å². The summed E-state index contributed by atoms with van der Waals surface area (Å²) < 4.78 is 6.53. The van der Waals surface area contributed by atoms with Crippen LogP contribution in [0.2, 0.25) is 0 Å². The number of benzene rings is 1. The first-order chi connectivity index (χ1) is 14.5. The number of carbonyl (C=O) groups is 2. The fourth-order valence-corrected chi connectivity index (χ4v) is 5.91. The summed E-state index contributed by atoms with van der Waals surface area (Å²) in [5.41, 5.74) is 1.02. The van der Waals surface area contributed by atoms with Crippen molar-refractivity contribution in [2.75, 3.05) is 6.26 Å². The van der Waals surface area contributed by atoms with E-state index in [9.17, 15) is 14.7 Å². The fourth-order valence-electron chi connectivity index (χ4n) is 3.93. The molecule has 1 amide bonds. The van der Waals surface area contributed by atoms with Gasteiger partial charge in [0.05, 0.1) is 10.8 Å². The lowest BCUT2D eigenvalue weighted by atomic mass is 9.85. The van der Waals surface area contributed by atoms with Gasteiger partial charge in [-0.15, -0.1) is 11.8 Å². The molecule has 0 atom stereocenters. The third-order valence-electron chi connectivity index (χ3n) is 5.51. The molecule has 0 radical (unpaired) electrons. The molecule has 1 aromatic carbocycles. The predicted octanol–water partition coefficient (Wildman–Crippen LogP) is 5.51. The minimum Gasteiger partial charge on any atom is -0.481 e. The maximum Gasteiger partial charge on any atom is 0.306 e. The molecule has 1 saturated heterocycles. The Morgan fingerprint density at radius 3 is 2.67 bits per heavy atom. The standard InChI is InChI=1S/C22H21NO4S3/c1-29-18-5-3-2-4-16(18)17-11-10-15(27-17)12-19-20(24)23(22(28)30-19)14-8-6-13(7-9-14)21(25)26/h2-5,10-14H,6-9H2,1H3,(H,25,26)/b19-12+. The summed E-state index contributed by atoms with van der Waals surface area (Å²) in [5, 5.41) is 9.19. The number of hydrogen-bond donors (Lipinski definition) is 1. The fraction of sp³-hybridized carbons (Fsp3) is 0.318. The molecule has 1 aliphatic heterocycles. The normalized spacial score (nSPS) is 23.4. The van der Waals surface area contributed by atoms with Crippen molar-refractivity contribution in [3.05, 3.63) is 47.1 Å². The highest BCUT2D eigenvalue weighted by Crippen LogP contribution is 2.39. The van der Waals surface area contributed by atoms with E-state index in [2.05, 4.69) is 0 Å². The van der Waals surface area contributed by atoms with Crippen LogP contribution in [0.5, 0.6) is 0 Å². The number of aliphatic carboxylic acids is 1. The molecule has 0 unspecified atom stereocenters. The lowest BCUT2D eigenvalue weighted by molar-refractivity contribution is -0.143. The summed E-state index contributed by atoms with van der Waals surface area (Å²) >= 11 is 8.40. The van der Waals surface area contributed by atoms with Crippen molar-refractivity contribution in [3.63, 3.8) is 0 Å². The molecule has 1 N–H and O–H groups in total. The summed E-state index contributed by atoms with van der Waals surface area (Å²) in [4.78, 5) is 27.5. The first-order valence-electron chi connectivity index (χ1n) is 9.71. The van der Waals surface area contributed by atoms with E-state index in [-0.39, 0.29) is 17.9 Å². The summed E-state index contributed by atoms with van der Waals surface area (Å²) in [5.74, 6) is 0.173. The molecule has 2 fully saturated rings.